The van der Waals surface area contributed by atoms with Crippen molar-refractivity contribution in [2.24, 2.45) is 0 Å². The number of methoxy groups -OCH3 is 1. The summed E-state index contributed by atoms with van der Waals surface area (Å²) >= 11 is 6.07. The quantitative estimate of drug-likeness (QED) is 0.798. The number of benzene rings is 1. The van der Waals surface area contributed by atoms with Gasteiger partial charge in [-0.15, -0.1) is 5.10 Å². The summed E-state index contributed by atoms with van der Waals surface area (Å²) in [7, 11) is 1.30. The summed E-state index contributed by atoms with van der Waals surface area (Å²) in [5.74, 6) is 0.147. The Hall–Kier alpha value is -1.88. The molecule has 6 heteroatoms. The Kier molecular flexibility index (Phi) is 3.62. The fourth-order valence-corrected chi connectivity index (χ4v) is 1.73. The molecule has 0 saturated heterocycles. The van der Waals surface area contributed by atoms with Crippen molar-refractivity contribution in [3.63, 3.8) is 0 Å². The summed E-state index contributed by atoms with van der Waals surface area (Å²) in [4.78, 5) is 15.4. The summed E-state index contributed by atoms with van der Waals surface area (Å²) in [6.07, 6.45) is 0. The van der Waals surface area contributed by atoms with Gasteiger partial charge in [0.15, 0.2) is 0 Å². The van der Waals surface area contributed by atoms with Crippen LogP contribution < -0.4 is 0 Å². The van der Waals surface area contributed by atoms with Crippen molar-refractivity contribution in [1.82, 2.24) is 14.8 Å². The van der Waals surface area contributed by atoms with Crippen molar-refractivity contribution in [1.29, 1.82) is 0 Å². The summed E-state index contributed by atoms with van der Waals surface area (Å²) in [5, 5.41) is 4.75. The molecule has 0 aliphatic carbocycles. The molecule has 1 aromatic heterocycles. The SMILES string of the molecule is COC(=O)c1nc(C)n(Cc2ccccc2Cl)n1. The molecule has 2 aromatic rings. The second-order valence-corrected chi connectivity index (χ2v) is 4.13. The second kappa shape index (κ2) is 5.18. The van der Waals surface area contributed by atoms with Crippen molar-refractivity contribution < 1.29 is 9.53 Å². The standard InChI is InChI=1S/C12H12ClN3O2/c1-8-14-11(12(17)18-2)15-16(8)7-9-5-3-4-6-10(9)13/h3-6H,7H2,1-2H3. The van der Waals surface area contributed by atoms with E-state index in [-0.39, 0.29) is 5.82 Å². The molecule has 0 N–H and O–H groups in total. The maximum Gasteiger partial charge on any atom is 0.377 e. The third-order valence-electron chi connectivity index (χ3n) is 2.50. The molecule has 0 saturated carbocycles. The van der Waals surface area contributed by atoms with Crippen LogP contribution in [0.3, 0.4) is 0 Å². The molecule has 5 nitrogen and oxygen atoms in total. The molecule has 0 radical (unpaired) electrons. The summed E-state index contributed by atoms with van der Waals surface area (Å²) < 4.78 is 6.19. The highest BCUT2D eigenvalue weighted by molar-refractivity contribution is 6.31. The molecule has 18 heavy (non-hydrogen) atoms. The van der Waals surface area contributed by atoms with E-state index in [4.69, 9.17) is 11.6 Å². The smallest absolute Gasteiger partial charge is 0.377 e. The van der Waals surface area contributed by atoms with Crippen LogP contribution >= 0.6 is 11.6 Å². The van der Waals surface area contributed by atoms with Crippen LogP contribution in [0.15, 0.2) is 24.3 Å². The summed E-state index contributed by atoms with van der Waals surface area (Å²) in [6, 6.07) is 7.47. The van der Waals surface area contributed by atoms with Gasteiger partial charge in [0.05, 0.1) is 13.7 Å². The molecule has 1 heterocycles. The first kappa shape index (κ1) is 12.6. The first-order valence-corrected chi connectivity index (χ1v) is 5.73. The van der Waals surface area contributed by atoms with Crippen LogP contribution in [0.25, 0.3) is 0 Å². The minimum Gasteiger partial charge on any atom is -0.463 e. The number of esters is 1. The largest absolute Gasteiger partial charge is 0.463 e. The molecule has 0 atom stereocenters. The van der Waals surface area contributed by atoms with Gasteiger partial charge >= 0.3 is 5.97 Å². The lowest BCUT2D eigenvalue weighted by atomic mass is 10.2. The van der Waals surface area contributed by atoms with Crippen LogP contribution in [-0.2, 0) is 11.3 Å². The Balaban J connectivity index is 2.27. The summed E-state index contributed by atoms with van der Waals surface area (Å²) in [6.45, 7) is 2.24. The predicted molar refractivity (Wildman–Crippen MR) is 66.7 cm³/mol. The lowest BCUT2D eigenvalue weighted by Crippen LogP contribution is -2.07. The number of carbonyl (C=O) groups excluding carboxylic acids is 1. The first-order valence-electron chi connectivity index (χ1n) is 5.35. The van der Waals surface area contributed by atoms with Gasteiger partial charge in [-0.3, -0.25) is 0 Å². The Morgan fingerprint density at radius 2 is 2.17 bits per heavy atom. The van der Waals surface area contributed by atoms with Crippen molar-refractivity contribution in [2.75, 3.05) is 7.11 Å². The average Bonchev–Trinajstić information content (AvgIpc) is 2.73. The van der Waals surface area contributed by atoms with Crippen LogP contribution in [0.2, 0.25) is 5.02 Å². The van der Waals surface area contributed by atoms with E-state index in [0.717, 1.165) is 5.56 Å². The fraction of sp³-hybridized carbons (Fsp3) is 0.250. The summed E-state index contributed by atoms with van der Waals surface area (Å²) in [5.41, 5.74) is 0.920. The highest BCUT2D eigenvalue weighted by Gasteiger charge is 2.14. The Morgan fingerprint density at radius 1 is 1.44 bits per heavy atom. The van der Waals surface area contributed by atoms with Gasteiger partial charge < -0.3 is 4.74 Å². The number of carbonyl (C=O) groups is 1. The van der Waals surface area contributed by atoms with Crippen molar-refractivity contribution in [2.45, 2.75) is 13.5 Å². The molecule has 94 valence electrons. The minimum absolute atomic E-state index is 0.0575. The molecule has 2 rings (SSSR count). The average molecular weight is 266 g/mol. The van der Waals surface area contributed by atoms with Crippen molar-refractivity contribution in [3.05, 3.63) is 46.5 Å². The lowest BCUT2D eigenvalue weighted by Gasteiger charge is -2.04. The second-order valence-electron chi connectivity index (χ2n) is 3.72. The highest BCUT2D eigenvalue weighted by Crippen LogP contribution is 2.16. The van der Waals surface area contributed by atoms with Crippen LogP contribution in [0.1, 0.15) is 22.0 Å². The molecule has 0 aliphatic rings. The number of nitrogens with zero attached hydrogens (tertiary/aromatic N) is 3. The first-order chi connectivity index (χ1) is 8.61. The van der Waals surface area contributed by atoms with E-state index in [1.165, 1.54) is 7.11 Å². The number of aromatic nitrogens is 3. The maximum atomic E-state index is 11.3. The molecule has 0 unspecified atom stereocenters. The highest BCUT2D eigenvalue weighted by atomic mass is 35.5. The predicted octanol–water partition coefficient (Wildman–Crippen LogP) is 2.07. The van der Waals surface area contributed by atoms with Crippen molar-refractivity contribution >= 4 is 17.6 Å². The monoisotopic (exact) mass is 265 g/mol. The van der Waals surface area contributed by atoms with E-state index in [2.05, 4.69) is 14.8 Å². The number of halogens is 1. The van der Waals surface area contributed by atoms with Gasteiger partial charge in [0.25, 0.3) is 5.82 Å². The minimum atomic E-state index is -0.545. The van der Waals surface area contributed by atoms with E-state index < -0.39 is 5.97 Å². The van der Waals surface area contributed by atoms with E-state index in [9.17, 15) is 4.79 Å². The maximum absolute atomic E-state index is 11.3. The number of hydrogen-bond acceptors (Lipinski definition) is 4. The van der Waals surface area contributed by atoms with Gasteiger partial charge in [0.2, 0.25) is 0 Å². The zero-order valence-corrected chi connectivity index (χ0v) is 10.8. The van der Waals surface area contributed by atoms with Crippen LogP contribution in [0, 0.1) is 6.92 Å². The lowest BCUT2D eigenvalue weighted by molar-refractivity contribution is 0.0586. The van der Waals surface area contributed by atoms with Gasteiger partial charge in [0, 0.05) is 5.02 Å². The zero-order chi connectivity index (χ0) is 13.1. The third-order valence-corrected chi connectivity index (χ3v) is 2.87. The van der Waals surface area contributed by atoms with Crippen molar-refractivity contribution in [3.8, 4) is 0 Å². The molecular weight excluding hydrogens is 254 g/mol. The number of rotatable bonds is 3. The molecule has 1 aromatic carbocycles. The van der Waals surface area contributed by atoms with Crippen LogP contribution in [0.4, 0.5) is 0 Å². The number of hydrogen-bond donors (Lipinski definition) is 0. The topological polar surface area (TPSA) is 57.0 Å². The Bertz CT molecular complexity index is 580. The normalized spacial score (nSPS) is 10.4. The molecule has 0 fully saturated rings. The van der Waals surface area contributed by atoms with Crippen LogP contribution in [0.5, 0.6) is 0 Å². The Morgan fingerprint density at radius 3 is 2.83 bits per heavy atom. The molecule has 0 spiro atoms. The van der Waals surface area contributed by atoms with Gasteiger partial charge in [-0.05, 0) is 18.6 Å². The zero-order valence-electron chi connectivity index (χ0n) is 10.1. The third kappa shape index (κ3) is 2.51. The molecule has 0 bridgehead atoms. The van der Waals surface area contributed by atoms with E-state index >= 15 is 0 Å². The van der Waals surface area contributed by atoms with Gasteiger partial charge in [-0.1, -0.05) is 29.8 Å². The van der Waals surface area contributed by atoms with Gasteiger partial charge in [-0.2, -0.15) is 0 Å². The number of ether oxygens (including phenoxy) is 1. The van der Waals surface area contributed by atoms with E-state index in [1.54, 1.807) is 11.6 Å². The molecular formula is C12H12ClN3O2. The number of aryl methyl sites for hydroxylation is 1. The Labute approximate surface area is 109 Å². The molecule has 0 amide bonds. The van der Waals surface area contributed by atoms with Crippen LogP contribution in [-0.4, -0.2) is 27.8 Å². The van der Waals surface area contributed by atoms with Gasteiger partial charge in [-0.25, -0.2) is 14.5 Å². The van der Waals surface area contributed by atoms with E-state index in [1.807, 2.05) is 24.3 Å². The van der Waals surface area contributed by atoms with Gasteiger partial charge in [0.1, 0.15) is 5.82 Å². The fourth-order valence-electron chi connectivity index (χ4n) is 1.54. The molecule has 0 aliphatic heterocycles. The van der Waals surface area contributed by atoms with E-state index in [0.29, 0.717) is 17.4 Å².